The summed E-state index contributed by atoms with van der Waals surface area (Å²) < 4.78 is 0. The van der Waals surface area contributed by atoms with E-state index in [1.54, 1.807) is 18.3 Å². The second-order valence-electron chi connectivity index (χ2n) is 3.47. The predicted octanol–water partition coefficient (Wildman–Crippen LogP) is 1.06. The Labute approximate surface area is 81.1 Å². The van der Waals surface area contributed by atoms with E-state index in [0.29, 0.717) is 5.82 Å². The molecule has 5 heteroatoms. The average molecular weight is 196 g/mol. The van der Waals surface area contributed by atoms with Gasteiger partial charge in [0.05, 0.1) is 0 Å². The molecule has 0 saturated heterocycles. The number of amides is 1. The van der Waals surface area contributed by atoms with Gasteiger partial charge in [0.25, 0.3) is 0 Å². The molecule has 0 unspecified atom stereocenters. The first-order valence-corrected chi connectivity index (χ1v) is 4.13. The van der Waals surface area contributed by atoms with Gasteiger partial charge in [-0.15, -0.1) is 0 Å². The highest BCUT2D eigenvalue weighted by molar-refractivity contribution is 6.07. The van der Waals surface area contributed by atoms with Crippen LogP contribution in [0.4, 0.5) is 5.82 Å². The molecule has 3 N–H and O–H groups in total. The lowest BCUT2D eigenvalue weighted by Gasteiger charge is -2.17. The van der Waals surface area contributed by atoms with Crippen LogP contribution in [0.2, 0.25) is 0 Å². The number of hydrogen-bond acceptors (Lipinski definition) is 2. The quantitative estimate of drug-likeness (QED) is 0.632. The van der Waals surface area contributed by atoms with Gasteiger partial charge in [-0.25, -0.2) is 0 Å². The zero-order chi connectivity index (χ0) is 10.8. The topological polar surface area (TPSA) is 82.2 Å². The monoisotopic (exact) mass is 196 g/mol. The van der Waals surface area contributed by atoms with E-state index in [4.69, 9.17) is 5.11 Å². The smallest absolute Gasteiger partial charge is 0.318 e. The van der Waals surface area contributed by atoms with Gasteiger partial charge in [0.1, 0.15) is 11.2 Å². The lowest BCUT2D eigenvalue weighted by Crippen LogP contribution is -2.37. The van der Waals surface area contributed by atoms with Crippen LogP contribution in [-0.4, -0.2) is 22.0 Å². The molecule has 1 heterocycles. The molecule has 14 heavy (non-hydrogen) atoms. The van der Waals surface area contributed by atoms with Gasteiger partial charge in [-0.1, -0.05) is 0 Å². The summed E-state index contributed by atoms with van der Waals surface area (Å²) in [5.74, 6) is -1.21. The van der Waals surface area contributed by atoms with Gasteiger partial charge in [-0.05, 0) is 26.0 Å². The van der Waals surface area contributed by atoms with E-state index < -0.39 is 17.3 Å². The first-order chi connectivity index (χ1) is 6.44. The summed E-state index contributed by atoms with van der Waals surface area (Å²) in [7, 11) is 0. The summed E-state index contributed by atoms with van der Waals surface area (Å²) in [4.78, 5) is 24.9. The molecule has 0 aliphatic carbocycles. The molecule has 1 rings (SSSR count). The molecule has 0 spiro atoms. The second-order valence-corrected chi connectivity index (χ2v) is 3.47. The van der Waals surface area contributed by atoms with Crippen LogP contribution in [0.5, 0.6) is 0 Å². The van der Waals surface area contributed by atoms with Crippen LogP contribution in [0.25, 0.3) is 0 Å². The van der Waals surface area contributed by atoms with Crippen molar-refractivity contribution in [2.24, 2.45) is 5.41 Å². The Bertz CT molecular complexity index is 341. The number of hydrogen-bond donors (Lipinski definition) is 3. The van der Waals surface area contributed by atoms with Crippen molar-refractivity contribution in [1.29, 1.82) is 0 Å². The lowest BCUT2D eigenvalue weighted by molar-refractivity contribution is -0.151. The van der Waals surface area contributed by atoms with Crippen molar-refractivity contribution in [3.63, 3.8) is 0 Å². The molecule has 0 aliphatic heterocycles. The summed E-state index contributed by atoms with van der Waals surface area (Å²) >= 11 is 0. The van der Waals surface area contributed by atoms with E-state index in [-0.39, 0.29) is 0 Å². The summed E-state index contributed by atoms with van der Waals surface area (Å²) in [5, 5.41) is 11.2. The number of aromatic amines is 1. The minimum Gasteiger partial charge on any atom is -0.480 e. The molecule has 0 fully saturated rings. The number of carboxylic acid groups (broad SMARTS) is 1. The second kappa shape index (κ2) is 3.53. The first-order valence-electron chi connectivity index (χ1n) is 4.13. The number of carbonyl (C=O) groups excluding carboxylic acids is 1. The molecule has 0 saturated carbocycles. The van der Waals surface area contributed by atoms with E-state index in [1.165, 1.54) is 13.8 Å². The Morgan fingerprint density at radius 1 is 1.50 bits per heavy atom. The van der Waals surface area contributed by atoms with Gasteiger partial charge in [-0.2, -0.15) is 0 Å². The number of anilines is 1. The van der Waals surface area contributed by atoms with Gasteiger partial charge >= 0.3 is 5.97 Å². The molecule has 0 bridgehead atoms. The van der Waals surface area contributed by atoms with Crippen LogP contribution in [0, 0.1) is 5.41 Å². The van der Waals surface area contributed by atoms with E-state index >= 15 is 0 Å². The first kappa shape index (κ1) is 10.3. The van der Waals surface area contributed by atoms with Crippen LogP contribution in [0.3, 0.4) is 0 Å². The molecule has 0 atom stereocenters. The number of carbonyl (C=O) groups is 2. The van der Waals surface area contributed by atoms with E-state index in [9.17, 15) is 9.59 Å². The molecule has 76 valence electrons. The maximum atomic E-state index is 11.5. The van der Waals surface area contributed by atoms with Crippen LogP contribution in [0.15, 0.2) is 18.3 Å². The fourth-order valence-electron chi connectivity index (χ4n) is 0.784. The summed E-state index contributed by atoms with van der Waals surface area (Å²) in [6.45, 7) is 2.71. The molecule has 1 aromatic heterocycles. The number of nitrogens with one attached hydrogen (secondary N) is 2. The Kier molecular flexibility index (Phi) is 2.60. The van der Waals surface area contributed by atoms with Gasteiger partial charge < -0.3 is 15.4 Å². The molecule has 1 aromatic rings. The summed E-state index contributed by atoms with van der Waals surface area (Å²) in [6, 6.07) is 3.36. The molecule has 0 aromatic carbocycles. The number of aromatic nitrogens is 1. The van der Waals surface area contributed by atoms with Crippen LogP contribution in [0.1, 0.15) is 13.8 Å². The van der Waals surface area contributed by atoms with E-state index in [1.807, 2.05) is 0 Å². The third kappa shape index (κ3) is 1.93. The zero-order valence-electron chi connectivity index (χ0n) is 8.00. The van der Waals surface area contributed by atoms with E-state index in [0.717, 1.165) is 0 Å². The molecular weight excluding hydrogens is 184 g/mol. The van der Waals surface area contributed by atoms with Crippen molar-refractivity contribution < 1.29 is 14.7 Å². The highest BCUT2D eigenvalue weighted by Crippen LogP contribution is 2.17. The predicted molar refractivity (Wildman–Crippen MR) is 50.8 cm³/mol. The Hall–Kier alpha value is -1.78. The normalized spacial score (nSPS) is 11.0. The molecule has 0 aliphatic rings. The molecular formula is C9H12N2O3. The van der Waals surface area contributed by atoms with E-state index in [2.05, 4.69) is 10.3 Å². The van der Waals surface area contributed by atoms with Crippen LogP contribution < -0.4 is 5.32 Å². The van der Waals surface area contributed by atoms with Crippen molar-refractivity contribution in [1.82, 2.24) is 4.98 Å². The largest absolute Gasteiger partial charge is 0.480 e. The maximum Gasteiger partial charge on any atom is 0.318 e. The third-order valence-electron chi connectivity index (χ3n) is 1.95. The lowest BCUT2D eigenvalue weighted by atomic mass is 9.93. The Morgan fingerprint density at radius 2 is 2.14 bits per heavy atom. The van der Waals surface area contributed by atoms with Crippen LogP contribution >= 0.6 is 0 Å². The molecule has 0 radical (unpaired) electrons. The van der Waals surface area contributed by atoms with Crippen molar-refractivity contribution >= 4 is 17.7 Å². The van der Waals surface area contributed by atoms with Crippen molar-refractivity contribution in [2.45, 2.75) is 13.8 Å². The van der Waals surface area contributed by atoms with Gasteiger partial charge in [0, 0.05) is 6.20 Å². The maximum absolute atomic E-state index is 11.5. The van der Waals surface area contributed by atoms with Crippen molar-refractivity contribution in [3.05, 3.63) is 18.3 Å². The fraction of sp³-hybridized carbons (Fsp3) is 0.333. The fourth-order valence-corrected chi connectivity index (χ4v) is 0.784. The molecule has 1 amide bonds. The Morgan fingerprint density at radius 3 is 2.57 bits per heavy atom. The van der Waals surface area contributed by atoms with Crippen molar-refractivity contribution in [3.8, 4) is 0 Å². The highest BCUT2D eigenvalue weighted by Gasteiger charge is 2.36. The van der Waals surface area contributed by atoms with Gasteiger partial charge in [0.15, 0.2) is 0 Å². The number of rotatable bonds is 3. The SMILES string of the molecule is CC(C)(C(=O)O)C(=O)Nc1ccc[nH]1. The number of H-pyrrole nitrogens is 1. The minimum atomic E-state index is -1.43. The number of aliphatic carboxylic acids is 1. The average Bonchev–Trinajstić information content (AvgIpc) is 2.56. The standard InChI is InChI=1S/C9H12N2O3/c1-9(2,8(13)14)7(12)11-6-4-3-5-10-6/h3-5,10H,1-2H3,(H,11,12)(H,13,14). The zero-order valence-corrected chi connectivity index (χ0v) is 8.00. The number of carboxylic acids is 1. The Balaban J connectivity index is 2.72. The van der Waals surface area contributed by atoms with Crippen LogP contribution in [-0.2, 0) is 9.59 Å². The highest BCUT2D eigenvalue weighted by atomic mass is 16.4. The molecule has 5 nitrogen and oxygen atoms in total. The third-order valence-corrected chi connectivity index (χ3v) is 1.95. The van der Waals surface area contributed by atoms with Crippen molar-refractivity contribution in [2.75, 3.05) is 5.32 Å². The van der Waals surface area contributed by atoms with Gasteiger partial charge in [-0.3, -0.25) is 9.59 Å². The summed E-state index contributed by atoms with van der Waals surface area (Å²) in [5.41, 5.74) is -1.43. The summed E-state index contributed by atoms with van der Waals surface area (Å²) in [6.07, 6.45) is 1.64. The van der Waals surface area contributed by atoms with Gasteiger partial charge in [0.2, 0.25) is 5.91 Å². The minimum absolute atomic E-state index is 0.490.